The summed E-state index contributed by atoms with van der Waals surface area (Å²) in [6.07, 6.45) is -2.88. The molecule has 1 amide bonds. The SMILES string of the molecule is CN(C)c1ccc(C=C2SC(=Nc3ccc(Cl)c(C(F)(F)F)c3)NC2=O)cc1. The van der Waals surface area contributed by atoms with E-state index in [0.717, 1.165) is 35.1 Å². The van der Waals surface area contributed by atoms with Crippen molar-refractivity contribution in [3.63, 3.8) is 0 Å². The highest BCUT2D eigenvalue weighted by Crippen LogP contribution is 2.37. The Hall–Kier alpha value is -2.45. The number of hydrogen-bond donors (Lipinski definition) is 1. The molecule has 0 saturated carbocycles. The van der Waals surface area contributed by atoms with Crippen LogP contribution in [-0.4, -0.2) is 25.2 Å². The number of amidine groups is 1. The van der Waals surface area contributed by atoms with Gasteiger partial charge in [-0.15, -0.1) is 0 Å². The number of thioether (sulfide) groups is 1. The highest BCUT2D eigenvalue weighted by atomic mass is 35.5. The third-order valence-electron chi connectivity index (χ3n) is 3.84. The van der Waals surface area contributed by atoms with Crippen LogP contribution in [0, 0.1) is 0 Å². The maximum Gasteiger partial charge on any atom is 0.417 e. The van der Waals surface area contributed by atoms with E-state index in [1.165, 1.54) is 6.07 Å². The van der Waals surface area contributed by atoms with E-state index in [1.54, 1.807) is 6.08 Å². The van der Waals surface area contributed by atoms with Gasteiger partial charge in [-0.25, -0.2) is 4.99 Å². The molecule has 0 unspecified atom stereocenters. The smallest absolute Gasteiger partial charge is 0.378 e. The first-order valence-corrected chi connectivity index (χ1v) is 9.26. The van der Waals surface area contributed by atoms with E-state index in [9.17, 15) is 18.0 Å². The molecule has 1 aliphatic heterocycles. The molecule has 0 aromatic heterocycles. The zero-order valence-electron chi connectivity index (χ0n) is 14.8. The third kappa shape index (κ3) is 4.69. The average Bonchev–Trinajstić information content (AvgIpc) is 2.95. The maximum atomic E-state index is 13.0. The molecule has 0 radical (unpaired) electrons. The predicted octanol–water partition coefficient (Wildman–Crippen LogP) is 5.32. The van der Waals surface area contributed by atoms with Gasteiger partial charge in [0.25, 0.3) is 5.91 Å². The van der Waals surface area contributed by atoms with Crippen LogP contribution in [0.15, 0.2) is 52.4 Å². The Labute approximate surface area is 169 Å². The van der Waals surface area contributed by atoms with Gasteiger partial charge in [-0.2, -0.15) is 13.2 Å². The first-order chi connectivity index (χ1) is 13.1. The Balaban J connectivity index is 1.82. The van der Waals surface area contributed by atoms with E-state index in [-0.39, 0.29) is 16.8 Å². The van der Waals surface area contributed by atoms with Crippen LogP contribution in [0.25, 0.3) is 6.08 Å². The molecular weight excluding hydrogens is 411 g/mol. The summed E-state index contributed by atoms with van der Waals surface area (Å²) < 4.78 is 38.9. The van der Waals surface area contributed by atoms with Crippen LogP contribution in [0.4, 0.5) is 24.5 Å². The van der Waals surface area contributed by atoms with Gasteiger partial charge < -0.3 is 10.2 Å². The van der Waals surface area contributed by atoms with Crippen molar-refractivity contribution in [1.29, 1.82) is 0 Å². The van der Waals surface area contributed by atoms with Gasteiger partial charge in [-0.05, 0) is 53.7 Å². The number of alkyl halides is 3. The van der Waals surface area contributed by atoms with Crippen LogP contribution in [0.2, 0.25) is 5.02 Å². The zero-order chi connectivity index (χ0) is 20.5. The highest BCUT2D eigenvalue weighted by Gasteiger charge is 2.33. The quantitative estimate of drug-likeness (QED) is 0.677. The maximum absolute atomic E-state index is 13.0. The van der Waals surface area contributed by atoms with Gasteiger partial charge in [0.2, 0.25) is 0 Å². The Morgan fingerprint density at radius 1 is 1.14 bits per heavy atom. The summed E-state index contributed by atoms with van der Waals surface area (Å²) >= 11 is 6.67. The number of carbonyl (C=O) groups is 1. The van der Waals surface area contributed by atoms with Crippen molar-refractivity contribution < 1.29 is 18.0 Å². The van der Waals surface area contributed by atoms with Crippen molar-refractivity contribution in [2.24, 2.45) is 4.99 Å². The van der Waals surface area contributed by atoms with Crippen LogP contribution in [0.5, 0.6) is 0 Å². The summed E-state index contributed by atoms with van der Waals surface area (Å²) in [6.45, 7) is 0. The number of halogens is 4. The fourth-order valence-corrected chi connectivity index (χ4v) is 3.48. The molecule has 1 aliphatic rings. The number of anilines is 1. The van der Waals surface area contributed by atoms with Crippen molar-refractivity contribution in [2.75, 3.05) is 19.0 Å². The van der Waals surface area contributed by atoms with Crippen LogP contribution < -0.4 is 10.2 Å². The summed E-state index contributed by atoms with van der Waals surface area (Å²) in [5.74, 6) is -0.356. The minimum atomic E-state index is -4.58. The summed E-state index contributed by atoms with van der Waals surface area (Å²) in [5, 5.41) is 2.36. The highest BCUT2D eigenvalue weighted by molar-refractivity contribution is 8.18. The van der Waals surface area contributed by atoms with E-state index in [1.807, 2.05) is 43.3 Å². The first kappa shape index (κ1) is 20.3. The molecule has 2 aromatic rings. The number of carbonyl (C=O) groups excluding carboxylic acids is 1. The third-order valence-corrected chi connectivity index (χ3v) is 5.08. The minimum Gasteiger partial charge on any atom is -0.378 e. The van der Waals surface area contributed by atoms with E-state index in [2.05, 4.69) is 10.3 Å². The molecule has 2 aromatic carbocycles. The largest absolute Gasteiger partial charge is 0.417 e. The molecule has 1 N–H and O–H groups in total. The van der Waals surface area contributed by atoms with E-state index in [0.29, 0.717) is 4.91 Å². The van der Waals surface area contributed by atoms with Crippen molar-refractivity contribution in [2.45, 2.75) is 6.18 Å². The molecule has 146 valence electrons. The Bertz CT molecular complexity index is 969. The van der Waals surface area contributed by atoms with Gasteiger partial charge in [-0.1, -0.05) is 23.7 Å². The van der Waals surface area contributed by atoms with Crippen molar-refractivity contribution >= 4 is 51.9 Å². The molecule has 0 atom stereocenters. The van der Waals surface area contributed by atoms with Gasteiger partial charge in [0.05, 0.1) is 21.2 Å². The van der Waals surface area contributed by atoms with Crippen LogP contribution >= 0.6 is 23.4 Å². The normalized spacial score (nSPS) is 17.3. The lowest BCUT2D eigenvalue weighted by molar-refractivity contribution is -0.137. The van der Waals surface area contributed by atoms with Crippen LogP contribution in [-0.2, 0) is 11.0 Å². The lowest BCUT2D eigenvalue weighted by Crippen LogP contribution is -2.19. The Morgan fingerprint density at radius 3 is 2.43 bits per heavy atom. The second-order valence-electron chi connectivity index (χ2n) is 6.13. The lowest BCUT2D eigenvalue weighted by atomic mass is 10.2. The summed E-state index contributed by atoms with van der Waals surface area (Å²) in [5.41, 5.74) is 0.935. The van der Waals surface area contributed by atoms with Gasteiger partial charge in [-0.3, -0.25) is 4.79 Å². The summed E-state index contributed by atoms with van der Waals surface area (Å²) in [6, 6.07) is 10.9. The van der Waals surface area contributed by atoms with Crippen LogP contribution in [0.1, 0.15) is 11.1 Å². The molecule has 28 heavy (non-hydrogen) atoms. The van der Waals surface area contributed by atoms with Gasteiger partial charge in [0, 0.05) is 19.8 Å². The summed E-state index contributed by atoms with van der Waals surface area (Å²) in [4.78, 5) is 18.6. The molecule has 3 rings (SSSR count). The molecule has 9 heteroatoms. The van der Waals surface area contributed by atoms with E-state index < -0.39 is 16.8 Å². The van der Waals surface area contributed by atoms with Crippen molar-refractivity contribution in [3.8, 4) is 0 Å². The van der Waals surface area contributed by atoms with Gasteiger partial charge in [0.15, 0.2) is 5.17 Å². The minimum absolute atomic E-state index is 0.0520. The number of benzene rings is 2. The predicted molar refractivity (Wildman–Crippen MR) is 108 cm³/mol. The Kier molecular flexibility index (Phi) is 5.71. The molecule has 4 nitrogen and oxygen atoms in total. The lowest BCUT2D eigenvalue weighted by Gasteiger charge is -2.11. The van der Waals surface area contributed by atoms with Crippen LogP contribution in [0.3, 0.4) is 0 Å². The fourth-order valence-electron chi connectivity index (χ4n) is 2.42. The molecule has 1 saturated heterocycles. The van der Waals surface area contributed by atoms with Gasteiger partial charge >= 0.3 is 6.18 Å². The number of rotatable bonds is 3. The standard InChI is InChI=1S/C19H15ClF3N3OS/c1-26(2)13-6-3-11(4-7-13)9-16-17(27)25-18(28-16)24-12-5-8-15(20)14(10-12)19(21,22)23/h3-10H,1-2H3,(H,24,25,27). The van der Waals surface area contributed by atoms with Gasteiger partial charge in [0.1, 0.15) is 0 Å². The molecule has 1 heterocycles. The van der Waals surface area contributed by atoms with Crippen molar-refractivity contribution in [3.05, 3.63) is 63.5 Å². The zero-order valence-corrected chi connectivity index (χ0v) is 16.4. The first-order valence-electron chi connectivity index (χ1n) is 8.07. The average molecular weight is 426 g/mol. The number of nitrogens with one attached hydrogen (secondary N) is 1. The monoisotopic (exact) mass is 425 g/mol. The number of aliphatic imine (C=N–C) groups is 1. The second kappa shape index (κ2) is 7.89. The fraction of sp³-hybridized carbons (Fsp3) is 0.158. The van der Waals surface area contributed by atoms with E-state index >= 15 is 0 Å². The topological polar surface area (TPSA) is 44.7 Å². The summed E-state index contributed by atoms with van der Waals surface area (Å²) in [7, 11) is 3.86. The molecular formula is C19H15ClF3N3OS. The molecule has 0 bridgehead atoms. The molecule has 0 spiro atoms. The Morgan fingerprint density at radius 2 is 1.82 bits per heavy atom. The number of nitrogens with zero attached hydrogens (tertiary/aromatic N) is 2. The second-order valence-corrected chi connectivity index (χ2v) is 7.57. The number of hydrogen-bond acceptors (Lipinski definition) is 4. The van der Waals surface area contributed by atoms with Crippen molar-refractivity contribution in [1.82, 2.24) is 5.32 Å². The van der Waals surface area contributed by atoms with E-state index in [4.69, 9.17) is 11.6 Å². The number of amides is 1. The molecule has 1 fully saturated rings. The molecule has 0 aliphatic carbocycles.